The normalized spacial score (nSPS) is 10.6. The third kappa shape index (κ3) is 2.14. The van der Waals surface area contributed by atoms with Gasteiger partial charge in [0.05, 0.1) is 22.4 Å². The van der Waals surface area contributed by atoms with Crippen LogP contribution >= 0.6 is 0 Å². The topological polar surface area (TPSA) is 110 Å². The number of hydrogen-bond acceptors (Lipinski definition) is 6. The van der Waals surface area contributed by atoms with Crippen molar-refractivity contribution < 1.29 is 4.92 Å². The zero-order valence-electron chi connectivity index (χ0n) is 10.3. The van der Waals surface area contributed by atoms with Crippen molar-refractivity contribution in [3.63, 3.8) is 0 Å². The Bertz CT molecular complexity index is 756. The third-order valence-electron chi connectivity index (χ3n) is 2.85. The van der Waals surface area contributed by atoms with Crippen LogP contribution in [0.5, 0.6) is 0 Å². The van der Waals surface area contributed by atoms with Crippen molar-refractivity contribution in [2.75, 3.05) is 5.32 Å². The molecular formula is C12H10N6O2. The first-order chi connectivity index (χ1) is 9.75. The molecule has 0 aliphatic carbocycles. The zero-order chi connectivity index (χ0) is 13.9. The van der Waals surface area contributed by atoms with Crippen molar-refractivity contribution in [3.8, 4) is 0 Å². The number of nitro benzene ring substituents is 1. The van der Waals surface area contributed by atoms with Crippen LogP contribution < -0.4 is 5.32 Å². The molecule has 100 valence electrons. The van der Waals surface area contributed by atoms with Crippen LogP contribution in [0.4, 0.5) is 11.4 Å². The SMILES string of the molecule is O=[N+]([O-])c1c(NCc2ncn[nH]2)ccc2ncccc12. The number of aromatic amines is 1. The lowest BCUT2D eigenvalue weighted by atomic mass is 10.1. The van der Waals surface area contributed by atoms with E-state index in [1.807, 2.05) is 0 Å². The van der Waals surface area contributed by atoms with Crippen LogP contribution in [-0.4, -0.2) is 25.1 Å². The molecule has 0 bridgehead atoms. The van der Waals surface area contributed by atoms with E-state index in [1.165, 1.54) is 6.33 Å². The van der Waals surface area contributed by atoms with Crippen LogP contribution in [0.15, 0.2) is 36.8 Å². The second-order valence-electron chi connectivity index (χ2n) is 4.07. The summed E-state index contributed by atoms with van der Waals surface area (Å²) < 4.78 is 0. The molecule has 0 amide bonds. The van der Waals surface area contributed by atoms with Crippen LogP contribution in [0.1, 0.15) is 5.82 Å². The highest BCUT2D eigenvalue weighted by Crippen LogP contribution is 2.32. The van der Waals surface area contributed by atoms with Crippen molar-refractivity contribution in [3.05, 3.63) is 52.7 Å². The van der Waals surface area contributed by atoms with Gasteiger partial charge < -0.3 is 5.32 Å². The van der Waals surface area contributed by atoms with Gasteiger partial charge in [0.25, 0.3) is 0 Å². The quantitative estimate of drug-likeness (QED) is 0.553. The zero-order valence-corrected chi connectivity index (χ0v) is 10.3. The van der Waals surface area contributed by atoms with E-state index in [0.29, 0.717) is 29.0 Å². The second-order valence-corrected chi connectivity index (χ2v) is 4.07. The maximum absolute atomic E-state index is 11.3. The monoisotopic (exact) mass is 270 g/mol. The van der Waals surface area contributed by atoms with Crippen molar-refractivity contribution in [1.29, 1.82) is 0 Å². The number of rotatable bonds is 4. The summed E-state index contributed by atoms with van der Waals surface area (Å²) in [6.45, 7) is 0.326. The fourth-order valence-electron chi connectivity index (χ4n) is 1.97. The molecule has 3 aromatic rings. The highest BCUT2D eigenvalue weighted by Gasteiger charge is 2.18. The molecule has 0 aliphatic rings. The highest BCUT2D eigenvalue weighted by atomic mass is 16.6. The fraction of sp³-hybridized carbons (Fsp3) is 0.0833. The molecule has 0 fully saturated rings. The summed E-state index contributed by atoms with van der Waals surface area (Å²) in [5, 5.41) is 21.2. The molecule has 0 saturated heterocycles. The maximum Gasteiger partial charge on any atom is 0.301 e. The highest BCUT2D eigenvalue weighted by molar-refractivity contribution is 5.94. The molecule has 20 heavy (non-hydrogen) atoms. The van der Waals surface area contributed by atoms with E-state index in [4.69, 9.17) is 0 Å². The van der Waals surface area contributed by atoms with E-state index in [-0.39, 0.29) is 5.69 Å². The molecule has 0 atom stereocenters. The van der Waals surface area contributed by atoms with Crippen LogP contribution in [0.2, 0.25) is 0 Å². The van der Waals surface area contributed by atoms with Gasteiger partial charge in [0.15, 0.2) is 0 Å². The van der Waals surface area contributed by atoms with Crippen LogP contribution in [0.3, 0.4) is 0 Å². The Hall–Kier alpha value is -3.03. The number of nitrogens with zero attached hydrogens (tertiary/aromatic N) is 4. The molecule has 3 rings (SSSR count). The van der Waals surface area contributed by atoms with Gasteiger partial charge in [0.1, 0.15) is 17.8 Å². The van der Waals surface area contributed by atoms with E-state index >= 15 is 0 Å². The summed E-state index contributed by atoms with van der Waals surface area (Å²) in [4.78, 5) is 19.0. The van der Waals surface area contributed by atoms with Gasteiger partial charge in [-0.1, -0.05) is 0 Å². The summed E-state index contributed by atoms with van der Waals surface area (Å²) >= 11 is 0. The van der Waals surface area contributed by atoms with E-state index in [1.54, 1.807) is 30.5 Å². The predicted octanol–water partition coefficient (Wildman–Crippen LogP) is 1.87. The van der Waals surface area contributed by atoms with Gasteiger partial charge in [-0.25, -0.2) is 4.98 Å². The number of nitro groups is 1. The lowest BCUT2D eigenvalue weighted by molar-refractivity contribution is -0.382. The molecule has 2 heterocycles. The molecule has 0 saturated carbocycles. The Balaban J connectivity index is 2.01. The molecule has 2 N–H and O–H groups in total. The first kappa shape index (κ1) is 12.0. The number of H-pyrrole nitrogens is 1. The first-order valence-corrected chi connectivity index (χ1v) is 5.86. The number of hydrogen-bond donors (Lipinski definition) is 2. The number of nitrogens with one attached hydrogen (secondary N) is 2. The van der Waals surface area contributed by atoms with E-state index in [9.17, 15) is 10.1 Å². The van der Waals surface area contributed by atoms with Crippen molar-refractivity contribution in [2.45, 2.75) is 6.54 Å². The van der Waals surface area contributed by atoms with Gasteiger partial charge in [0.2, 0.25) is 0 Å². The molecule has 2 aromatic heterocycles. The van der Waals surface area contributed by atoms with E-state index in [0.717, 1.165) is 0 Å². The summed E-state index contributed by atoms with van der Waals surface area (Å²) in [5.74, 6) is 0.602. The van der Waals surface area contributed by atoms with Crippen LogP contribution in [0, 0.1) is 10.1 Å². The molecular weight excluding hydrogens is 260 g/mol. The Morgan fingerprint density at radius 2 is 2.20 bits per heavy atom. The maximum atomic E-state index is 11.3. The second kappa shape index (κ2) is 4.92. The Morgan fingerprint density at radius 3 is 2.95 bits per heavy atom. The minimum Gasteiger partial charge on any atom is -0.372 e. The van der Waals surface area contributed by atoms with Gasteiger partial charge in [-0.2, -0.15) is 5.10 Å². The molecule has 1 aromatic carbocycles. The molecule has 0 spiro atoms. The van der Waals surface area contributed by atoms with Gasteiger partial charge in [-0.3, -0.25) is 20.2 Å². The Kier molecular flexibility index (Phi) is 2.96. The summed E-state index contributed by atoms with van der Waals surface area (Å²) in [7, 11) is 0. The molecule has 8 heteroatoms. The average Bonchev–Trinajstić information content (AvgIpc) is 2.97. The van der Waals surface area contributed by atoms with Crippen molar-refractivity contribution in [1.82, 2.24) is 20.2 Å². The first-order valence-electron chi connectivity index (χ1n) is 5.86. The van der Waals surface area contributed by atoms with E-state index in [2.05, 4.69) is 25.5 Å². The summed E-state index contributed by atoms with van der Waals surface area (Å²) in [6, 6.07) is 6.74. The smallest absolute Gasteiger partial charge is 0.301 e. The molecule has 0 unspecified atom stereocenters. The number of aromatic nitrogens is 4. The van der Waals surface area contributed by atoms with Crippen molar-refractivity contribution >= 4 is 22.3 Å². The average molecular weight is 270 g/mol. The third-order valence-corrected chi connectivity index (χ3v) is 2.85. The largest absolute Gasteiger partial charge is 0.372 e. The molecule has 0 radical (unpaired) electrons. The van der Waals surface area contributed by atoms with Gasteiger partial charge in [-0.15, -0.1) is 0 Å². The minimum atomic E-state index is -0.410. The van der Waals surface area contributed by atoms with Crippen LogP contribution in [0.25, 0.3) is 10.9 Å². The van der Waals surface area contributed by atoms with Gasteiger partial charge in [-0.05, 0) is 24.3 Å². The number of fused-ring (bicyclic) bond motifs is 1. The van der Waals surface area contributed by atoms with Crippen LogP contribution in [-0.2, 0) is 6.54 Å². The van der Waals surface area contributed by atoms with E-state index < -0.39 is 4.92 Å². The Labute approximate surface area is 113 Å². The summed E-state index contributed by atoms with van der Waals surface area (Å²) in [6.07, 6.45) is 2.99. The number of pyridine rings is 1. The lowest BCUT2D eigenvalue weighted by Gasteiger charge is -2.07. The lowest BCUT2D eigenvalue weighted by Crippen LogP contribution is -2.04. The fourth-order valence-corrected chi connectivity index (χ4v) is 1.97. The standard InChI is InChI=1S/C12H10N6O2/c19-18(20)12-8-2-1-5-13-9(8)3-4-10(12)14-6-11-15-7-16-17-11/h1-5,7,14H,6H2,(H,15,16,17). The molecule has 8 nitrogen and oxygen atoms in total. The number of anilines is 1. The predicted molar refractivity (Wildman–Crippen MR) is 72.1 cm³/mol. The van der Waals surface area contributed by atoms with Crippen molar-refractivity contribution in [2.24, 2.45) is 0 Å². The minimum absolute atomic E-state index is 0.00937. The Morgan fingerprint density at radius 1 is 1.30 bits per heavy atom. The van der Waals surface area contributed by atoms with Gasteiger partial charge in [0, 0.05) is 6.20 Å². The number of benzene rings is 1. The van der Waals surface area contributed by atoms with Gasteiger partial charge >= 0.3 is 5.69 Å². The summed E-state index contributed by atoms with van der Waals surface area (Å²) in [5.41, 5.74) is 1.02. The molecule has 0 aliphatic heterocycles.